The van der Waals surface area contributed by atoms with E-state index < -0.39 is 8.25 Å². The van der Waals surface area contributed by atoms with Crippen molar-refractivity contribution in [1.29, 1.82) is 0 Å². The molecule has 0 saturated carbocycles. The lowest BCUT2D eigenvalue weighted by molar-refractivity contribution is 0.0629. The Labute approximate surface area is 152 Å². The molecule has 0 spiro atoms. The van der Waals surface area contributed by atoms with Gasteiger partial charge in [-0.2, -0.15) is 0 Å². The maximum atomic E-state index is 12.5. The molecule has 0 radical (unpaired) electrons. The predicted molar refractivity (Wildman–Crippen MR) is 105 cm³/mol. The van der Waals surface area contributed by atoms with Crippen LogP contribution in [0.4, 0.5) is 0 Å². The molecule has 0 heterocycles. The molecule has 24 heavy (non-hydrogen) atoms. The Balaban J connectivity index is 4.62. The van der Waals surface area contributed by atoms with Crippen molar-refractivity contribution in [2.75, 3.05) is 0 Å². The molecule has 0 N–H and O–H groups in total. The van der Waals surface area contributed by atoms with Crippen molar-refractivity contribution in [2.24, 2.45) is 11.8 Å². The number of hydrogen-bond acceptors (Lipinski definition) is 3. The molecule has 3 nitrogen and oxygen atoms in total. The van der Waals surface area contributed by atoms with E-state index in [9.17, 15) is 4.57 Å². The predicted octanol–water partition coefficient (Wildman–Crippen LogP) is 7.67. The summed E-state index contributed by atoms with van der Waals surface area (Å²) in [6.45, 7) is 13.1. The molecule has 0 aliphatic heterocycles. The first kappa shape index (κ1) is 24.0. The van der Waals surface area contributed by atoms with Gasteiger partial charge in [-0.3, -0.25) is 0 Å². The van der Waals surface area contributed by atoms with Crippen LogP contribution in [-0.4, -0.2) is 12.2 Å². The Hall–Kier alpha value is 0.0200. The van der Waals surface area contributed by atoms with Crippen LogP contribution in [0, 0.1) is 11.8 Å². The first-order chi connectivity index (χ1) is 11.6. The highest BCUT2D eigenvalue weighted by Crippen LogP contribution is 2.37. The van der Waals surface area contributed by atoms with Crippen molar-refractivity contribution in [3.63, 3.8) is 0 Å². The first-order valence-electron chi connectivity index (χ1n) is 10.4. The van der Waals surface area contributed by atoms with Crippen LogP contribution in [0.15, 0.2) is 0 Å². The summed E-state index contributed by atoms with van der Waals surface area (Å²) in [4.78, 5) is 0. The lowest BCUT2D eigenvalue weighted by atomic mass is 9.92. The summed E-state index contributed by atoms with van der Waals surface area (Å²) < 4.78 is 24.2. The van der Waals surface area contributed by atoms with Gasteiger partial charge in [0.1, 0.15) is 12.2 Å². The monoisotopic (exact) mass is 361 g/mol. The van der Waals surface area contributed by atoms with E-state index in [1.807, 2.05) is 0 Å². The van der Waals surface area contributed by atoms with Gasteiger partial charge in [0.25, 0.3) is 0 Å². The second-order valence-electron chi connectivity index (χ2n) is 6.95. The van der Waals surface area contributed by atoms with Crippen LogP contribution < -0.4 is 0 Å². The van der Waals surface area contributed by atoms with Gasteiger partial charge in [-0.15, -0.1) is 9.05 Å². The highest BCUT2D eigenvalue weighted by molar-refractivity contribution is 7.33. The van der Waals surface area contributed by atoms with Crippen LogP contribution in [-0.2, 0) is 13.6 Å². The summed E-state index contributed by atoms with van der Waals surface area (Å²) in [6, 6.07) is 0. The molecule has 0 amide bonds. The normalized spacial score (nSPS) is 17.3. The lowest BCUT2D eigenvalue weighted by Crippen LogP contribution is -2.24. The van der Waals surface area contributed by atoms with E-state index in [1.165, 1.54) is 25.7 Å². The molecule has 0 aromatic rings. The maximum Gasteiger partial charge on any atom is 0.697 e. The molecule has 0 aromatic carbocycles. The highest BCUT2D eigenvalue weighted by Gasteiger charge is 2.35. The van der Waals surface area contributed by atoms with Gasteiger partial charge in [0.15, 0.2) is 0 Å². The SMILES string of the molecule is CCCCC(CC)C(CC)O[P+](=O)OC(CC)C(CC)CCCC. The molecule has 0 bridgehead atoms. The molecule has 0 rings (SSSR count). The van der Waals surface area contributed by atoms with Gasteiger partial charge in [-0.05, 0) is 37.5 Å². The Morgan fingerprint density at radius 3 is 1.29 bits per heavy atom. The molecule has 144 valence electrons. The third-order valence-electron chi connectivity index (χ3n) is 5.20. The van der Waals surface area contributed by atoms with Crippen LogP contribution in [0.5, 0.6) is 0 Å². The van der Waals surface area contributed by atoms with E-state index in [0.29, 0.717) is 11.8 Å². The highest BCUT2D eigenvalue weighted by atomic mass is 31.1. The van der Waals surface area contributed by atoms with Crippen molar-refractivity contribution in [2.45, 2.75) is 118 Å². The Morgan fingerprint density at radius 2 is 1.04 bits per heavy atom. The van der Waals surface area contributed by atoms with Gasteiger partial charge in [0.2, 0.25) is 0 Å². The van der Waals surface area contributed by atoms with Gasteiger partial charge < -0.3 is 0 Å². The standard InChI is InChI=1S/C20H42O3P/c1-7-13-15-17(9-3)19(11-5)22-24(21)23-20(12-6)18(10-4)16-14-8-2/h17-20H,7-16H2,1-6H3/q+1. The largest absolute Gasteiger partial charge is 0.697 e. The van der Waals surface area contributed by atoms with Crippen LogP contribution >= 0.6 is 8.25 Å². The van der Waals surface area contributed by atoms with E-state index >= 15 is 0 Å². The van der Waals surface area contributed by atoms with Crippen LogP contribution in [0.2, 0.25) is 0 Å². The molecular formula is C20H42O3P+. The van der Waals surface area contributed by atoms with Crippen LogP contribution in [0.25, 0.3) is 0 Å². The quantitative estimate of drug-likeness (QED) is 0.265. The third kappa shape index (κ3) is 9.49. The third-order valence-corrected chi connectivity index (χ3v) is 6.09. The summed E-state index contributed by atoms with van der Waals surface area (Å²) in [6.07, 6.45) is 11.2. The van der Waals surface area contributed by atoms with Gasteiger partial charge >= 0.3 is 8.25 Å². The Kier molecular flexibility index (Phi) is 15.3. The van der Waals surface area contributed by atoms with Crippen molar-refractivity contribution < 1.29 is 13.6 Å². The van der Waals surface area contributed by atoms with E-state index in [2.05, 4.69) is 41.5 Å². The van der Waals surface area contributed by atoms with Crippen LogP contribution in [0.3, 0.4) is 0 Å². The Morgan fingerprint density at radius 1 is 0.667 bits per heavy atom. The minimum atomic E-state index is -2.03. The fourth-order valence-electron chi connectivity index (χ4n) is 3.47. The van der Waals surface area contributed by atoms with Gasteiger partial charge in [-0.25, -0.2) is 0 Å². The molecule has 0 aliphatic rings. The molecule has 4 heteroatoms. The molecule has 4 unspecified atom stereocenters. The molecule has 0 aromatic heterocycles. The average Bonchev–Trinajstić information content (AvgIpc) is 2.60. The smallest absolute Gasteiger partial charge is 0.115 e. The summed E-state index contributed by atoms with van der Waals surface area (Å²) in [5.74, 6) is 0.972. The number of unbranched alkanes of at least 4 members (excludes halogenated alkanes) is 2. The fourth-order valence-corrected chi connectivity index (χ4v) is 4.61. The van der Waals surface area contributed by atoms with Gasteiger partial charge in [0.05, 0.1) is 0 Å². The number of hydrogen-bond donors (Lipinski definition) is 0. The molecule has 4 atom stereocenters. The van der Waals surface area contributed by atoms with Crippen molar-refractivity contribution >= 4 is 8.25 Å². The molecular weight excluding hydrogens is 319 g/mol. The Bertz CT molecular complexity index is 281. The zero-order valence-electron chi connectivity index (χ0n) is 17.1. The summed E-state index contributed by atoms with van der Waals surface area (Å²) in [5, 5.41) is 0. The molecule has 0 aliphatic carbocycles. The average molecular weight is 362 g/mol. The second kappa shape index (κ2) is 15.3. The lowest BCUT2D eigenvalue weighted by Gasteiger charge is -2.22. The van der Waals surface area contributed by atoms with Crippen molar-refractivity contribution in [3.05, 3.63) is 0 Å². The summed E-state index contributed by atoms with van der Waals surface area (Å²) in [7, 11) is -2.03. The minimum Gasteiger partial charge on any atom is -0.115 e. The van der Waals surface area contributed by atoms with E-state index in [1.54, 1.807) is 0 Å². The van der Waals surface area contributed by atoms with E-state index in [4.69, 9.17) is 9.05 Å². The maximum absolute atomic E-state index is 12.5. The van der Waals surface area contributed by atoms with Gasteiger partial charge in [-0.1, -0.05) is 80.1 Å². The second-order valence-corrected chi connectivity index (χ2v) is 7.82. The first-order valence-corrected chi connectivity index (χ1v) is 11.5. The molecule has 0 fully saturated rings. The minimum absolute atomic E-state index is 0.0541. The zero-order valence-corrected chi connectivity index (χ0v) is 17.9. The van der Waals surface area contributed by atoms with E-state index in [-0.39, 0.29) is 12.2 Å². The zero-order chi connectivity index (χ0) is 18.4. The van der Waals surface area contributed by atoms with Crippen molar-refractivity contribution in [3.8, 4) is 0 Å². The summed E-state index contributed by atoms with van der Waals surface area (Å²) >= 11 is 0. The fraction of sp³-hybridized carbons (Fsp3) is 1.00. The number of rotatable bonds is 16. The summed E-state index contributed by atoms with van der Waals surface area (Å²) in [5.41, 5.74) is 0. The van der Waals surface area contributed by atoms with Crippen LogP contribution in [0.1, 0.15) is 106 Å². The topological polar surface area (TPSA) is 35.5 Å². The molecule has 0 saturated heterocycles. The van der Waals surface area contributed by atoms with Gasteiger partial charge in [0, 0.05) is 4.57 Å². The van der Waals surface area contributed by atoms with Crippen molar-refractivity contribution in [1.82, 2.24) is 0 Å². The van der Waals surface area contributed by atoms with E-state index in [0.717, 1.165) is 38.5 Å².